The van der Waals surface area contributed by atoms with E-state index in [2.05, 4.69) is 0 Å². The van der Waals surface area contributed by atoms with Gasteiger partial charge in [-0.2, -0.15) is 0 Å². The smallest absolute Gasteiger partial charge is 0.328 e. The Morgan fingerprint density at radius 1 is 1.32 bits per heavy atom. The lowest BCUT2D eigenvalue weighted by Gasteiger charge is -2.10. The molecule has 0 saturated heterocycles. The number of nitrogens with zero attached hydrogens (tertiary/aromatic N) is 2. The van der Waals surface area contributed by atoms with E-state index in [1.165, 1.54) is 13.0 Å². The van der Waals surface area contributed by atoms with Gasteiger partial charge in [0.25, 0.3) is 5.78 Å². The molecule has 0 spiro atoms. The zero-order valence-electron chi connectivity index (χ0n) is 10.3. The number of aromatic nitrogens is 2. The predicted octanol–water partition coefficient (Wildman–Crippen LogP) is 1.95. The highest BCUT2D eigenvalue weighted by molar-refractivity contribution is 6.05. The van der Waals surface area contributed by atoms with E-state index in [1.54, 1.807) is 6.08 Å². The minimum absolute atomic E-state index is 0.0835. The fourth-order valence-corrected chi connectivity index (χ4v) is 1.67. The van der Waals surface area contributed by atoms with Crippen molar-refractivity contribution in [3.05, 3.63) is 75.9 Å². The fraction of sp³-hybridized carbons (Fsp3) is 0.0714. The lowest BCUT2D eigenvalue weighted by Crippen LogP contribution is -2.27. The lowest BCUT2D eigenvalue weighted by molar-refractivity contribution is -0.498. The number of hydrogen-bond donors (Lipinski definition) is 0. The fourth-order valence-electron chi connectivity index (χ4n) is 1.67. The van der Waals surface area contributed by atoms with Gasteiger partial charge in [0.2, 0.25) is 6.20 Å². The number of benzene rings is 1. The molecule has 0 unspecified atom stereocenters. The van der Waals surface area contributed by atoms with Gasteiger partial charge in [0, 0.05) is 4.91 Å². The number of carbonyl (C=O) groups is 1. The van der Waals surface area contributed by atoms with Gasteiger partial charge in [-0.05, 0) is 18.6 Å². The van der Waals surface area contributed by atoms with Crippen LogP contribution in [-0.2, 0) is 0 Å². The summed E-state index contributed by atoms with van der Waals surface area (Å²) in [5, 5.41) is 11.4. The highest BCUT2D eigenvalue weighted by atomic mass is 16.5. The number of ketones is 1. The van der Waals surface area contributed by atoms with Crippen LogP contribution in [0.15, 0.2) is 48.8 Å². The van der Waals surface area contributed by atoms with Crippen molar-refractivity contribution in [3.8, 4) is 0 Å². The first kappa shape index (κ1) is 12.8. The van der Waals surface area contributed by atoms with Crippen LogP contribution in [0.1, 0.15) is 21.7 Å². The Balaban J connectivity index is 2.34. The van der Waals surface area contributed by atoms with Gasteiger partial charge >= 0.3 is 5.69 Å². The summed E-state index contributed by atoms with van der Waals surface area (Å²) in [6.45, 7) is 1.44. The Bertz CT molecular complexity index is 688. The summed E-state index contributed by atoms with van der Waals surface area (Å²) >= 11 is 0. The topological polar surface area (TPSA) is 68.0 Å². The molecule has 5 nitrogen and oxygen atoms in total. The molecule has 1 aromatic carbocycles. The molecular formula is C14H12N2O3. The maximum Gasteiger partial charge on any atom is 0.328 e. The van der Waals surface area contributed by atoms with E-state index in [0.29, 0.717) is 9.16 Å². The first-order chi connectivity index (χ1) is 9.09. The van der Waals surface area contributed by atoms with Crippen LogP contribution in [0.2, 0.25) is 0 Å². The average Bonchev–Trinajstić information content (AvgIpc) is 2.42. The molecule has 0 aliphatic rings. The van der Waals surface area contributed by atoms with E-state index in [1.807, 2.05) is 30.3 Å². The molecule has 0 aliphatic carbocycles. The molecule has 96 valence electrons. The number of carbonyl (C=O) groups excluding carboxylic acids is 1. The summed E-state index contributed by atoms with van der Waals surface area (Å²) in [6.07, 6.45) is 4.97. The zero-order chi connectivity index (χ0) is 13.8. The average molecular weight is 256 g/mol. The molecule has 1 heterocycles. The molecule has 0 atom stereocenters. The Labute approximate surface area is 109 Å². The minimum Gasteiger partial charge on any atom is -0.805 e. The largest absolute Gasteiger partial charge is 0.805 e. The maximum absolute atomic E-state index is 12.0. The zero-order valence-corrected chi connectivity index (χ0v) is 10.3. The molecule has 1 aromatic heterocycles. The minimum atomic E-state index is -0.499. The third-order valence-corrected chi connectivity index (χ3v) is 2.69. The quantitative estimate of drug-likeness (QED) is 0.479. The Morgan fingerprint density at radius 2 is 2.00 bits per heavy atom. The van der Waals surface area contributed by atoms with Crippen molar-refractivity contribution in [2.24, 2.45) is 0 Å². The highest BCUT2D eigenvalue weighted by Crippen LogP contribution is 2.05. The first-order valence-electron chi connectivity index (χ1n) is 5.69. The third-order valence-electron chi connectivity index (χ3n) is 2.69. The van der Waals surface area contributed by atoms with Crippen LogP contribution >= 0.6 is 0 Å². The number of allylic oxidation sites excluding steroid dienone is 1. The molecule has 0 saturated carbocycles. The molecule has 0 radical (unpaired) electrons. The molecule has 5 heteroatoms. The monoisotopic (exact) mass is 256 g/mol. The van der Waals surface area contributed by atoms with E-state index in [9.17, 15) is 14.9 Å². The van der Waals surface area contributed by atoms with Gasteiger partial charge in [-0.25, -0.2) is 0 Å². The second-order valence-corrected chi connectivity index (χ2v) is 3.99. The summed E-state index contributed by atoms with van der Waals surface area (Å²) < 4.78 is 0.902. The summed E-state index contributed by atoms with van der Waals surface area (Å²) in [4.78, 5) is 23.5. The van der Waals surface area contributed by atoms with Crippen molar-refractivity contribution in [3.63, 3.8) is 0 Å². The molecule has 2 rings (SSSR count). The standard InChI is InChI=1S/C14H12N2O3/c1-11-14(16(19)10-9-15(11)18)13(17)8-7-12-5-3-2-4-6-12/h2-10H,1H3/b8-7+. The van der Waals surface area contributed by atoms with Gasteiger partial charge in [-0.3, -0.25) is 4.79 Å². The van der Waals surface area contributed by atoms with E-state index in [4.69, 9.17) is 0 Å². The van der Waals surface area contributed by atoms with Crippen molar-refractivity contribution in [1.29, 1.82) is 0 Å². The summed E-state index contributed by atoms with van der Waals surface area (Å²) in [7, 11) is 0. The van der Waals surface area contributed by atoms with Crippen molar-refractivity contribution < 1.29 is 9.22 Å². The summed E-state index contributed by atoms with van der Waals surface area (Å²) in [5.74, 6) is -0.499. The SMILES string of the molecule is Cc1c(C(=O)/C=C/c2ccccc2)[n+](=O)ccn1[O-]. The van der Waals surface area contributed by atoms with Gasteiger partial charge in [0.05, 0.1) is 16.3 Å². The van der Waals surface area contributed by atoms with Crippen molar-refractivity contribution in [2.45, 2.75) is 6.92 Å². The maximum atomic E-state index is 12.0. The van der Waals surface area contributed by atoms with E-state index in [-0.39, 0.29) is 11.4 Å². The van der Waals surface area contributed by atoms with Crippen molar-refractivity contribution >= 4 is 11.9 Å². The number of hydrogen-bond acceptors (Lipinski definition) is 3. The molecule has 0 aliphatic heterocycles. The van der Waals surface area contributed by atoms with Crippen LogP contribution in [0.3, 0.4) is 0 Å². The van der Waals surface area contributed by atoms with Gasteiger partial charge in [-0.15, -0.1) is 0 Å². The van der Waals surface area contributed by atoms with Gasteiger partial charge in [0.15, 0.2) is 0 Å². The normalized spacial score (nSPS) is 10.8. The van der Waals surface area contributed by atoms with E-state index in [0.717, 1.165) is 18.0 Å². The first-order valence-corrected chi connectivity index (χ1v) is 5.69. The highest BCUT2D eigenvalue weighted by Gasteiger charge is 2.20. The Kier molecular flexibility index (Phi) is 3.56. The van der Waals surface area contributed by atoms with Crippen LogP contribution in [0.5, 0.6) is 0 Å². The molecular weight excluding hydrogens is 244 g/mol. The van der Waals surface area contributed by atoms with Crippen LogP contribution in [0.25, 0.3) is 6.08 Å². The summed E-state index contributed by atoms with van der Waals surface area (Å²) in [6, 6.07) is 9.22. The molecule has 2 aromatic rings. The van der Waals surface area contributed by atoms with Gasteiger partial charge in [0.1, 0.15) is 0 Å². The molecule has 0 bridgehead atoms. The van der Waals surface area contributed by atoms with E-state index >= 15 is 0 Å². The molecule has 0 amide bonds. The van der Waals surface area contributed by atoms with Crippen molar-refractivity contribution in [2.75, 3.05) is 0 Å². The predicted molar refractivity (Wildman–Crippen MR) is 71.1 cm³/mol. The lowest BCUT2D eigenvalue weighted by atomic mass is 10.1. The van der Waals surface area contributed by atoms with Crippen LogP contribution in [-0.4, -0.2) is 10.5 Å². The van der Waals surface area contributed by atoms with Gasteiger partial charge in [-0.1, -0.05) is 36.4 Å². The molecule has 19 heavy (non-hydrogen) atoms. The summed E-state index contributed by atoms with van der Waals surface area (Å²) in [5.41, 5.74) is 0.766. The second kappa shape index (κ2) is 5.30. The van der Waals surface area contributed by atoms with Crippen molar-refractivity contribution in [1.82, 2.24) is 4.73 Å². The number of rotatable bonds is 3. The molecule has 0 N–H and O–H groups in total. The van der Waals surface area contributed by atoms with Crippen LogP contribution in [0, 0.1) is 17.0 Å². The van der Waals surface area contributed by atoms with Gasteiger partial charge < -0.3 is 9.94 Å². The third kappa shape index (κ3) is 2.77. The second-order valence-electron chi connectivity index (χ2n) is 3.99. The Hall–Kier alpha value is -2.69. The van der Waals surface area contributed by atoms with E-state index < -0.39 is 5.78 Å². The molecule has 0 fully saturated rings. The van der Waals surface area contributed by atoms with Crippen LogP contribution in [0.4, 0.5) is 0 Å². The Morgan fingerprint density at radius 3 is 2.68 bits per heavy atom. The van der Waals surface area contributed by atoms with Crippen LogP contribution < -0.4 is 4.43 Å².